The van der Waals surface area contributed by atoms with Gasteiger partial charge in [0.25, 0.3) is 0 Å². The average molecular weight is 424 g/mol. The van der Waals surface area contributed by atoms with Gasteiger partial charge in [-0.1, -0.05) is 6.08 Å². The topological polar surface area (TPSA) is 71.5 Å². The zero-order chi connectivity index (χ0) is 17.0. The van der Waals surface area contributed by atoms with Crippen molar-refractivity contribution in [3.8, 4) is 5.75 Å². The van der Waals surface area contributed by atoms with Gasteiger partial charge in [-0.25, -0.2) is 8.42 Å². The number of aromatic nitrogens is 1. The van der Waals surface area contributed by atoms with Crippen molar-refractivity contribution in [3.05, 3.63) is 30.1 Å². The standard InChI is InChI=1S/C17H25N3O3S.2ClH/c1-24(21,22)20-10-6-15(7-11-20)17-3-2-16(12-19-17)23-13-14-4-8-18-9-5-14;;/h2-3,6,12,14,18H,4-5,7-11,13H2,1H3;2*1H. The summed E-state index contributed by atoms with van der Waals surface area (Å²) in [5, 5.41) is 3.35. The van der Waals surface area contributed by atoms with Crippen LogP contribution in [0.4, 0.5) is 0 Å². The van der Waals surface area contributed by atoms with Gasteiger partial charge >= 0.3 is 0 Å². The molecule has 2 aliphatic rings. The van der Waals surface area contributed by atoms with E-state index >= 15 is 0 Å². The Morgan fingerprint density at radius 2 is 2.00 bits per heavy atom. The first-order valence-corrected chi connectivity index (χ1v) is 10.3. The molecule has 3 heterocycles. The number of hydrogen-bond donors (Lipinski definition) is 1. The monoisotopic (exact) mass is 423 g/mol. The van der Waals surface area contributed by atoms with E-state index in [1.165, 1.54) is 10.6 Å². The molecular weight excluding hydrogens is 397 g/mol. The van der Waals surface area contributed by atoms with Crippen LogP contribution in [0.3, 0.4) is 0 Å². The third-order valence-electron chi connectivity index (χ3n) is 4.65. The van der Waals surface area contributed by atoms with Crippen LogP contribution in [0.2, 0.25) is 0 Å². The molecule has 0 saturated carbocycles. The number of rotatable bonds is 5. The number of pyridine rings is 1. The van der Waals surface area contributed by atoms with Crippen molar-refractivity contribution in [1.29, 1.82) is 0 Å². The van der Waals surface area contributed by atoms with Gasteiger partial charge in [0.15, 0.2) is 0 Å². The van der Waals surface area contributed by atoms with Crippen LogP contribution in [0.1, 0.15) is 25.0 Å². The van der Waals surface area contributed by atoms with Crippen molar-refractivity contribution in [2.45, 2.75) is 19.3 Å². The molecule has 1 aromatic rings. The van der Waals surface area contributed by atoms with Crippen LogP contribution in [0.25, 0.3) is 5.57 Å². The number of nitrogens with one attached hydrogen (secondary N) is 1. The molecule has 148 valence electrons. The molecule has 26 heavy (non-hydrogen) atoms. The van der Waals surface area contributed by atoms with Crippen LogP contribution in [0, 0.1) is 5.92 Å². The fraction of sp³-hybridized carbons (Fsp3) is 0.588. The van der Waals surface area contributed by atoms with Crippen molar-refractivity contribution in [3.63, 3.8) is 0 Å². The first kappa shape index (κ1) is 23.2. The second-order valence-electron chi connectivity index (χ2n) is 6.48. The Hall–Kier alpha value is -0.860. The summed E-state index contributed by atoms with van der Waals surface area (Å²) in [6.45, 7) is 3.83. The summed E-state index contributed by atoms with van der Waals surface area (Å²) in [6.07, 6.45) is 7.97. The molecule has 0 aromatic carbocycles. The average Bonchev–Trinajstić information content (AvgIpc) is 2.61. The van der Waals surface area contributed by atoms with Gasteiger partial charge in [-0.05, 0) is 56.0 Å². The first-order chi connectivity index (χ1) is 11.5. The maximum absolute atomic E-state index is 11.5. The molecule has 0 spiro atoms. The minimum atomic E-state index is -3.11. The molecule has 1 N–H and O–H groups in total. The quantitative estimate of drug-likeness (QED) is 0.786. The van der Waals surface area contributed by atoms with Gasteiger partial charge in [0.05, 0.1) is 24.8 Å². The van der Waals surface area contributed by atoms with Gasteiger partial charge < -0.3 is 10.1 Å². The Morgan fingerprint density at radius 1 is 1.27 bits per heavy atom. The molecule has 9 heteroatoms. The Morgan fingerprint density at radius 3 is 2.54 bits per heavy atom. The van der Waals surface area contributed by atoms with Crippen LogP contribution in [-0.4, -0.2) is 56.7 Å². The summed E-state index contributed by atoms with van der Waals surface area (Å²) in [7, 11) is -3.11. The molecule has 0 aliphatic carbocycles. The smallest absolute Gasteiger partial charge is 0.211 e. The van der Waals surface area contributed by atoms with Crippen LogP contribution in [0.5, 0.6) is 5.75 Å². The number of nitrogens with zero attached hydrogens (tertiary/aromatic N) is 2. The number of piperidine rings is 1. The van der Waals surface area contributed by atoms with Crippen LogP contribution < -0.4 is 10.1 Å². The van der Waals surface area contributed by atoms with Gasteiger partial charge in [-0.15, -0.1) is 24.8 Å². The van der Waals surface area contributed by atoms with E-state index in [0.717, 1.165) is 49.6 Å². The van der Waals surface area contributed by atoms with Gasteiger partial charge in [-0.2, -0.15) is 4.31 Å². The molecule has 1 aromatic heterocycles. The SMILES string of the molecule is CS(=O)(=O)N1CC=C(c2ccc(OCC3CCNCC3)cn2)CC1.Cl.Cl. The predicted molar refractivity (Wildman–Crippen MR) is 109 cm³/mol. The molecule has 1 saturated heterocycles. The molecule has 6 nitrogen and oxygen atoms in total. The summed E-state index contributed by atoms with van der Waals surface area (Å²) in [4.78, 5) is 4.48. The van der Waals surface area contributed by atoms with Gasteiger partial charge in [-0.3, -0.25) is 4.98 Å². The summed E-state index contributed by atoms with van der Waals surface area (Å²) in [5.74, 6) is 1.42. The fourth-order valence-electron chi connectivity index (χ4n) is 3.10. The lowest BCUT2D eigenvalue weighted by Crippen LogP contribution is -2.33. The second-order valence-corrected chi connectivity index (χ2v) is 8.47. The van der Waals surface area contributed by atoms with Crippen LogP contribution in [-0.2, 0) is 10.0 Å². The second kappa shape index (κ2) is 10.5. The number of hydrogen-bond acceptors (Lipinski definition) is 5. The summed E-state index contributed by atoms with van der Waals surface area (Å²) >= 11 is 0. The van der Waals surface area contributed by atoms with E-state index in [-0.39, 0.29) is 24.8 Å². The predicted octanol–water partition coefficient (Wildman–Crippen LogP) is 2.35. The molecule has 0 bridgehead atoms. The third-order valence-corrected chi connectivity index (χ3v) is 5.92. The van der Waals surface area contributed by atoms with Crippen molar-refractivity contribution in [1.82, 2.24) is 14.6 Å². The highest BCUT2D eigenvalue weighted by molar-refractivity contribution is 7.88. The molecule has 0 atom stereocenters. The van der Waals surface area contributed by atoms with E-state index in [1.807, 2.05) is 18.2 Å². The maximum atomic E-state index is 11.5. The molecular formula is C17H27Cl2N3O3S. The van der Waals surface area contributed by atoms with E-state index in [1.54, 1.807) is 6.20 Å². The first-order valence-electron chi connectivity index (χ1n) is 8.46. The summed E-state index contributed by atoms with van der Waals surface area (Å²) in [5.41, 5.74) is 2.00. The maximum Gasteiger partial charge on any atom is 0.211 e. The molecule has 2 aliphatic heterocycles. The molecule has 0 amide bonds. The Kier molecular flexibility index (Phi) is 9.33. The van der Waals surface area contributed by atoms with Crippen molar-refractivity contribution in [2.24, 2.45) is 5.92 Å². The van der Waals surface area contributed by atoms with Crippen molar-refractivity contribution in [2.75, 3.05) is 39.0 Å². The molecule has 3 rings (SSSR count). The van der Waals surface area contributed by atoms with E-state index < -0.39 is 10.0 Å². The van der Waals surface area contributed by atoms with Crippen LogP contribution >= 0.6 is 24.8 Å². The highest BCUT2D eigenvalue weighted by atomic mass is 35.5. The van der Waals surface area contributed by atoms with E-state index in [2.05, 4.69) is 10.3 Å². The highest BCUT2D eigenvalue weighted by Crippen LogP contribution is 2.23. The zero-order valence-electron chi connectivity index (χ0n) is 14.9. The minimum Gasteiger partial charge on any atom is -0.492 e. The lowest BCUT2D eigenvalue weighted by Gasteiger charge is -2.24. The number of ether oxygens (including phenoxy) is 1. The molecule has 0 radical (unpaired) electrons. The Bertz CT molecular complexity index is 690. The lowest BCUT2D eigenvalue weighted by molar-refractivity contribution is 0.214. The third kappa shape index (κ3) is 6.39. The van der Waals surface area contributed by atoms with Crippen molar-refractivity contribution >= 4 is 40.4 Å². The summed E-state index contributed by atoms with van der Waals surface area (Å²) in [6, 6.07) is 3.91. The fourth-order valence-corrected chi connectivity index (χ4v) is 3.87. The lowest BCUT2D eigenvalue weighted by atomic mass is 9.99. The largest absolute Gasteiger partial charge is 0.492 e. The number of sulfonamides is 1. The zero-order valence-corrected chi connectivity index (χ0v) is 17.3. The molecule has 0 unspecified atom stereocenters. The van der Waals surface area contributed by atoms with E-state index in [4.69, 9.17) is 4.74 Å². The Labute approximate surface area is 168 Å². The normalized spacial score (nSPS) is 19.0. The van der Waals surface area contributed by atoms with Gasteiger partial charge in [0.1, 0.15) is 5.75 Å². The van der Waals surface area contributed by atoms with E-state index in [9.17, 15) is 8.42 Å². The van der Waals surface area contributed by atoms with Crippen molar-refractivity contribution < 1.29 is 13.2 Å². The highest BCUT2D eigenvalue weighted by Gasteiger charge is 2.20. The van der Waals surface area contributed by atoms with Gasteiger partial charge in [0, 0.05) is 13.1 Å². The van der Waals surface area contributed by atoms with Gasteiger partial charge in [0.2, 0.25) is 10.0 Å². The number of halogens is 2. The van der Waals surface area contributed by atoms with E-state index in [0.29, 0.717) is 25.4 Å². The Balaban J connectivity index is 0.00000169. The van der Waals surface area contributed by atoms with Crippen LogP contribution in [0.15, 0.2) is 24.4 Å². The molecule has 1 fully saturated rings. The summed E-state index contributed by atoms with van der Waals surface area (Å²) < 4.78 is 30.4. The minimum absolute atomic E-state index is 0.